The Morgan fingerprint density at radius 1 is 1.19 bits per heavy atom. The van der Waals surface area contributed by atoms with Crippen LogP contribution in [-0.4, -0.2) is 61.1 Å². The average molecular weight is 368 g/mol. The van der Waals surface area contributed by atoms with Gasteiger partial charge < -0.3 is 25.3 Å². The van der Waals surface area contributed by atoms with Crippen molar-refractivity contribution in [3.8, 4) is 5.75 Å². The van der Waals surface area contributed by atoms with Crippen LogP contribution >= 0.6 is 0 Å². The monoisotopic (exact) mass is 368 g/mol. The summed E-state index contributed by atoms with van der Waals surface area (Å²) in [5.41, 5.74) is 10.2. The molecular weight excluding hydrogens is 340 g/mol. The molecule has 3 heterocycles. The van der Waals surface area contributed by atoms with E-state index in [9.17, 15) is 0 Å². The number of hydrogen-bond donors (Lipinski definition) is 3. The molecule has 5 rings (SSSR count). The minimum Gasteiger partial charge on any atom is -0.488 e. The van der Waals surface area contributed by atoms with Gasteiger partial charge in [-0.1, -0.05) is 0 Å². The van der Waals surface area contributed by atoms with Gasteiger partial charge in [0, 0.05) is 43.5 Å². The molecule has 0 spiro atoms. The van der Waals surface area contributed by atoms with Gasteiger partial charge in [0.2, 0.25) is 0 Å². The number of benzene rings is 1. The van der Waals surface area contributed by atoms with Crippen molar-refractivity contribution >= 4 is 11.5 Å². The zero-order chi connectivity index (χ0) is 18.4. The summed E-state index contributed by atoms with van der Waals surface area (Å²) in [6, 6.07) is 6.40. The van der Waals surface area contributed by atoms with Gasteiger partial charge in [0.05, 0.1) is 11.7 Å². The normalized spacial score (nSPS) is 26.4. The lowest BCUT2D eigenvalue weighted by atomic mass is 10.0. The lowest BCUT2D eigenvalue weighted by molar-refractivity contribution is 0.200. The Morgan fingerprint density at radius 3 is 2.78 bits per heavy atom. The van der Waals surface area contributed by atoms with Crippen LogP contribution < -0.4 is 20.9 Å². The molecule has 1 atom stereocenters. The number of hydrazine groups is 1. The Morgan fingerprint density at radius 2 is 2.00 bits per heavy atom. The fourth-order valence-corrected chi connectivity index (χ4v) is 3.85. The number of hydrogen-bond acceptors (Lipinski definition) is 7. The first-order valence-electron chi connectivity index (χ1n) is 9.88. The molecule has 1 aliphatic carbocycles. The van der Waals surface area contributed by atoms with Gasteiger partial charge in [-0.3, -0.25) is 0 Å². The van der Waals surface area contributed by atoms with E-state index in [4.69, 9.17) is 9.73 Å². The van der Waals surface area contributed by atoms with E-state index in [1.807, 2.05) is 0 Å². The van der Waals surface area contributed by atoms with Crippen LogP contribution in [0.4, 0.5) is 5.69 Å². The first kappa shape index (κ1) is 16.9. The van der Waals surface area contributed by atoms with Crippen LogP contribution in [0.5, 0.6) is 5.75 Å². The van der Waals surface area contributed by atoms with Gasteiger partial charge in [-0.25, -0.2) is 10.4 Å². The molecule has 7 nitrogen and oxygen atoms in total. The van der Waals surface area contributed by atoms with E-state index in [1.54, 1.807) is 0 Å². The molecule has 0 unspecified atom stereocenters. The van der Waals surface area contributed by atoms with Crippen molar-refractivity contribution in [3.63, 3.8) is 0 Å². The molecule has 2 fully saturated rings. The highest BCUT2D eigenvalue weighted by Gasteiger charge is 2.40. The fraction of sp³-hybridized carbons (Fsp3) is 0.550. The Kier molecular flexibility index (Phi) is 4.02. The molecule has 3 N–H and O–H groups in total. The maximum absolute atomic E-state index is 6.17. The standard InChI is InChI=1S/C20H28N6O/c1-20(5-6-20)27-14-3-4-16-15(11-14)19(24-23-16)17-12-18(22-13-21-17)26-9-7-25(2)8-10-26/h3-4,11-12,19,21,23-24H,5-10,13H2,1-2H3/t19-/m1/s1. The summed E-state index contributed by atoms with van der Waals surface area (Å²) in [5, 5.41) is 3.45. The number of fused-ring (bicyclic) bond motifs is 1. The quantitative estimate of drug-likeness (QED) is 0.755. The molecule has 4 aliphatic rings. The van der Waals surface area contributed by atoms with Gasteiger partial charge in [0.15, 0.2) is 0 Å². The topological polar surface area (TPSA) is 64.2 Å². The lowest BCUT2D eigenvalue weighted by Gasteiger charge is -2.35. The number of likely N-dealkylation sites (N-methyl/N-ethyl adjacent to an activating group) is 1. The van der Waals surface area contributed by atoms with Crippen molar-refractivity contribution in [1.29, 1.82) is 0 Å². The van der Waals surface area contributed by atoms with E-state index in [0.717, 1.165) is 62.0 Å². The van der Waals surface area contributed by atoms with E-state index in [1.165, 1.54) is 5.56 Å². The number of amidine groups is 1. The second kappa shape index (κ2) is 6.42. The zero-order valence-corrected chi connectivity index (χ0v) is 16.1. The average Bonchev–Trinajstić information content (AvgIpc) is 3.25. The summed E-state index contributed by atoms with van der Waals surface area (Å²) in [6.07, 6.45) is 4.47. The number of rotatable bonds is 3. The highest BCUT2D eigenvalue weighted by Crippen LogP contribution is 2.42. The second-order valence-electron chi connectivity index (χ2n) is 8.24. The number of nitrogens with zero attached hydrogens (tertiary/aromatic N) is 3. The Hall–Kier alpha value is -2.25. The Labute approximate surface area is 160 Å². The first-order chi connectivity index (χ1) is 13.1. The van der Waals surface area contributed by atoms with E-state index < -0.39 is 0 Å². The van der Waals surface area contributed by atoms with E-state index >= 15 is 0 Å². The third kappa shape index (κ3) is 3.37. The molecule has 3 aliphatic heterocycles. The molecule has 1 aromatic carbocycles. The smallest absolute Gasteiger partial charge is 0.127 e. The van der Waals surface area contributed by atoms with E-state index in [2.05, 4.69) is 64.2 Å². The third-order valence-corrected chi connectivity index (χ3v) is 5.95. The summed E-state index contributed by atoms with van der Waals surface area (Å²) in [4.78, 5) is 9.44. The number of anilines is 1. The number of aliphatic imine (C=N–C) groups is 1. The van der Waals surface area contributed by atoms with Gasteiger partial charge in [-0.2, -0.15) is 0 Å². The van der Waals surface area contributed by atoms with Crippen LogP contribution in [0.25, 0.3) is 0 Å². The molecule has 1 saturated heterocycles. The van der Waals surface area contributed by atoms with Crippen molar-refractivity contribution in [1.82, 2.24) is 20.5 Å². The lowest BCUT2D eigenvalue weighted by Crippen LogP contribution is -2.48. The Balaban J connectivity index is 1.36. The maximum Gasteiger partial charge on any atom is 0.127 e. The van der Waals surface area contributed by atoms with Crippen molar-refractivity contribution in [3.05, 3.63) is 35.5 Å². The van der Waals surface area contributed by atoms with Crippen LogP contribution in [0.1, 0.15) is 31.4 Å². The number of nitrogens with one attached hydrogen (secondary N) is 3. The minimum atomic E-state index is 0.0345. The number of ether oxygens (including phenoxy) is 1. The largest absolute Gasteiger partial charge is 0.488 e. The van der Waals surface area contributed by atoms with Crippen LogP contribution in [0.3, 0.4) is 0 Å². The molecular formula is C20H28N6O. The summed E-state index contributed by atoms with van der Waals surface area (Å²) < 4.78 is 6.17. The predicted molar refractivity (Wildman–Crippen MR) is 107 cm³/mol. The SMILES string of the molecule is CN1CCN(C2=NCNC([C@@H]3NNc4ccc(OC5(C)CC5)cc43)=C2)CC1. The zero-order valence-electron chi connectivity index (χ0n) is 16.1. The van der Waals surface area contributed by atoms with Crippen LogP contribution in [0.15, 0.2) is 35.0 Å². The van der Waals surface area contributed by atoms with Gasteiger partial charge >= 0.3 is 0 Å². The second-order valence-corrected chi connectivity index (χ2v) is 8.24. The molecule has 144 valence electrons. The summed E-state index contributed by atoms with van der Waals surface area (Å²) in [7, 11) is 2.18. The first-order valence-corrected chi connectivity index (χ1v) is 9.88. The van der Waals surface area contributed by atoms with Crippen LogP contribution in [0, 0.1) is 0 Å². The molecule has 1 saturated carbocycles. The van der Waals surface area contributed by atoms with Gasteiger partial charge in [-0.15, -0.1) is 0 Å². The third-order valence-electron chi connectivity index (χ3n) is 5.95. The van der Waals surface area contributed by atoms with Gasteiger partial charge in [-0.05, 0) is 45.0 Å². The van der Waals surface area contributed by atoms with E-state index in [0.29, 0.717) is 6.67 Å². The summed E-state index contributed by atoms with van der Waals surface area (Å²) in [6.45, 7) is 7.03. The molecule has 27 heavy (non-hydrogen) atoms. The van der Waals surface area contributed by atoms with Gasteiger partial charge in [0.1, 0.15) is 23.9 Å². The predicted octanol–water partition coefficient (Wildman–Crippen LogP) is 1.68. The molecule has 7 heteroatoms. The van der Waals surface area contributed by atoms with Crippen molar-refractivity contribution in [2.45, 2.75) is 31.4 Å². The molecule has 0 bridgehead atoms. The van der Waals surface area contributed by atoms with Crippen LogP contribution in [0.2, 0.25) is 0 Å². The molecule has 0 amide bonds. The minimum absolute atomic E-state index is 0.0345. The Bertz CT molecular complexity index is 792. The van der Waals surface area contributed by atoms with Crippen molar-refractivity contribution in [2.24, 2.45) is 4.99 Å². The number of piperazine rings is 1. The fourth-order valence-electron chi connectivity index (χ4n) is 3.85. The molecule has 1 aromatic rings. The van der Waals surface area contributed by atoms with Gasteiger partial charge in [0.25, 0.3) is 0 Å². The summed E-state index contributed by atoms with van der Waals surface area (Å²) in [5.74, 6) is 2.04. The highest BCUT2D eigenvalue weighted by atomic mass is 16.5. The highest BCUT2D eigenvalue weighted by molar-refractivity contribution is 5.94. The van der Waals surface area contributed by atoms with Crippen molar-refractivity contribution < 1.29 is 4.74 Å². The van der Waals surface area contributed by atoms with E-state index in [-0.39, 0.29) is 11.6 Å². The van der Waals surface area contributed by atoms with Crippen molar-refractivity contribution in [2.75, 3.05) is 45.3 Å². The van der Waals surface area contributed by atoms with Crippen LogP contribution in [-0.2, 0) is 0 Å². The maximum atomic E-state index is 6.17. The summed E-state index contributed by atoms with van der Waals surface area (Å²) >= 11 is 0. The molecule has 0 radical (unpaired) electrons. The molecule has 0 aromatic heterocycles.